The Morgan fingerprint density at radius 1 is 1.18 bits per heavy atom. The lowest BCUT2D eigenvalue weighted by Crippen LogP contribution is -2.26. The van der Waals surface area contributed by atoms with E-state index in [1.54, 1.807) is 6.07 Å². The standard InChI is InChI=1S/C14H22O3/c1-4-12(15)14(17)8-9(2)11-5-6-13(16)10(3)7-11/h5-7,9,12,14-17H,4,8H2,1-3H3. The second-order valence-electron chi connectivity index (χ2n) is 4.73. The van der Waals surface area contributed by atoms with Gasteiger partial charge in [0, 0.05) is 0 Å². The van der Waals surface area contributed by atoms with Gasteiger partial charge >= 0.3 is 0 Å². The fraction of sp³-hybridized carbons (Fsp3) is 0.571. The molecule has 1 aromatic carbocycles. The molecule has 0 radical (unpaired) electrons. The van der Waals surface area contributed by atoms with E-state index in [4.69, 9.17) is 0 Å². The first-order valence-electron chi connectivity index (χ1n) is 6.11. The fourth-order valence-electron chi connectivity index (χ4n) is 1.91. The first kappa shape index (κ1) is 14.0. The Morgan fingerprint density at radius 2 is 1.82 bits per heavy atom. The molecule has 0 aliphatic rings. The molecule has 0 aliphatic carbocycles. The van der Waals surface area contributed by atoms with E-state index in [0.717, 1.165) is 11.1 Å². The molecule has 3 heteroatoms. The van der Waals surface area contributed by atoms with Crippen molar-refractivity contribution in [2.24, 2.45) is 0 Å². The van der Waals surface area contributed by atoms with Crippen LogP contribution in [0.5, 0.6) is 5.75 Å². The fourth-order valence-corrected chi connectivity index (χ4v) is 1.91. The summed E-state index contributed by atoms with van der Waals surface area (Å²) in [5, 5.41) is 28.7. The minimum atomic E-state index is -0.691. The van der Waals surface area contributed by atoms with E-state index >= 15 is 0 Å². The lowest BCUT2D eigenvalue weighted by atomic mass is 9.91. The second-order valence-corrected chi connectivity index (χ2v) is 4.73. The number of hydrogen-bond donors (Lipinski definition) is 3. The molecular formula is C14H22O3. The Labute approximate surface area is 103 Å². The Balaban J connectivity index is 2.69. The highest BCUT2D eigenvalue weighted by molar-refractivity contribution is 5.36. The average Bonchev–Trinajstić information content (AvgIpc) is 2.31. The normalized spacial score (nSPS) is 16.5. The summed E-state index contributed by atoms with van der Waals surface area (Å²) in [6, 6.07) is 5.45. The van der Waals surface area contributed by atoms with Gasteiger partial charge in [0.2, 0.25) is 0 Å². The minimum Gasteiger partial charge on any atom is -0.508 e. The van der Waals surface area contributed by atoms with Crippen molar-refractivity contribution in [1.29, 1.82) is 0 Å². The lowest BCUT2D eigenvalue weighted by molar-refractivity contribution is 0.00953. The van der Waals surface area contributed by atoms with Gasteiger partial charge in [0.05, 0.1) is 12.2 Å². The SMILES string of the molecule is CCC(O)C(O)CC(C)c1ccc(O)c(C)c1. The maximum absolute atomic E-state index is 9.77. The molecule has 0 aromatic heterocycles. The van der Waals surface area contributed by atoms with Gasteiger partial charge in [-0.25, -0.2) is 0 Å². The van der Waals surface area contributed by atoms with Gasteiger partial charge in [0.1, 0.15) is 5.75 Å². The molecule has 3 N–H and O–H groups in total. The van der Waals surface area contributed by atoms with E-state index in [0.29, 0.717) is 12.8 Å². The van der Waals surface area contributed by atoms with Gasteiger partial charge in [0.15, 0.2) is 0 Å². The third-order valence-corrected chi connectivity index (χ3v) is 3.25. The number of phenolic OH excluding ortho intramolecular Hbond substituents is 1. The van der Waals surface area contributed by atoms with Crippen LogP contribution in [0.1, 0.15) is 43.7 Å². The highest BCUT2D eigenvalue weighted by atomic mass is 16.3. The van der Waals surface area contributed by atoms with Crippen molar-refractivity contribution in [2.45, 2.75) is 51.7 Å². The maximum Gasteiger partial charge on any atom is 0.118 e. The van der Waals surface area contributed by atoms with Crippen LogP contribution in [0.4, 0.5) is 0 Å². The number of aliphatic hydroxyl groups is 2. The first-order chi connectivity index (χ1) is 7.95. The molecule has 0 amide bonds. The Kier molecular flexibility index (Phi) is 4.97. The summed E-state index contributed by atoms with van der Waals surface area (Å²) in [6.45, 7) is 5.71. The van der Waals surface area contributed by atoms with Crippen LogP contribution in [0, 0.1) is 6.92 Å². The highest BCUT2D eigenvalue weighted by Gasteiger charge is 2.18. The Morgan fingerprint density at radius 3 is 2.35 bits per heavy atom. The molecule has 0 aliphatic heterocycles. The summed E-state index contributed by atoms with van der Waals surface area (Å²) in [5.74, 6) is 0.445. The largest absolute Gasteiger partial charge is 0.508 e. The monoisotopic (exact) mass is 238 g/mol. The van der Waals surface area contributed by atoms with Crippen LogP contribution in [0.2, 0.25) is 0 Å². The third kappa shape index (κ3) is 3.72. The Bertz CT molecular complexity index is 362. The average molecular weight is 238 g/mol. The highest BCUT2D eigenvalue weighted by Crippen LogP contribution is 2.26. The van der Waals surface area contributed by atoms with Crippen LogP contribution in [0.15, 0.2) is 18.2 Å². The van der Waals surface area contributed by atoms with Crippen molar-refractivity contribution in [3.63, 3.8) is 0 Å². The van der Waals surface area contributed by atoms with Crippen LogP contribution in [0.25, 0.3) is 0 Å². The van der Waals surface area contributed by atoms with Gasteiger partial charge in [-0.3, -0.25) is 0 Å². The number of hydrogen-bond acceptors (Lipinski definition) is 3. The predicted octanol–water partition coefficient (Wildman–Crippen LogP) is 2.33. The number of rotatable bonds is 5. The maximum atomic E-state index is 9.77. The summed E-state index contributed by atoms with van der Waals surface area (Å²) in [5.41, 5.74) is 1.91. The van der Waals surface area contributed by atoms with Crippen molar-refractivity contribution in [3.8, 4) is 5.75 Å². The van der Waals surface area contributed by atoms with Crippen LogP contribution in [-0.4, -0.2) is 27.5 Å². The van der Waals surface area contributed by atoms with Gasteiger partial charge < -0.3 is 15.3 Å². The van der Waals surface area contributed by atoms with Crippen LogP contribution in [0.3, 0.4) is 0 Å². The van der Waals surface area contributed by atoms with Gasteiger partial charge in [-0.1, -0.05) is 26.0 Å². The summed E-state index contributed by atoms with van der Waals surface area (Å²) in [6.07, 6.45) is -0.262. The summed E-state index contributed by atoms with van der Waals surface area (Å²) < 4.78 is 0. The number of aliphatic hydroxyl groups excluding tert-OH is 2. The van der Waals surface area contributed by atoms with Crippen LogP contribution in [-0.2, 0) is 0 Å². The molecule has 0 fully saturated rings. The van der Waals surface area contributed by atoms with Gasteiger partial charge in [-0.15, -0.1) is 0 Å². The quantitative estimate of drug-likeness (QED) is 0.737. The topological polar surface area (TPSA) is 60.7 Å². The smallest absolute Gasteiger partial charge is 0.118 e. The summed E-state index contributed by atoms with van der Waals surface area (Å²) in [7, 11) is 0. The van der Waals surface area contributed by atoms with E-state index in [-0.39, 0.29) is 11.7 Å². The summed E-state index contributed by atoms with van der Waals surface area (Å²) in [4.78, 5) is 0. The zero-order valence-corrected chi connectivity index (χ0v) is 10.7. The molecule has 1 rings (SSSR count). The predicted molar refractivity (Wildman–Crippen MR) is 68.2 cm³/mol. The van der Waals surface area contributed by atoms with Gasteiger partial charge in [0.25, 0.3) is 0 Å². The molecule has 3 atom stereocenters. The number of aryl methyl sites for hydroxylation is 1. The van der Waals surface area contributed by atoms with E-state index in [9.17, 15) is 15.3 Å². The molecule has 0 saturated heterocycles. The minimum absolute atomic E-state index is 0.158. The first-order valence-corrected chi connectivity index (χ1v) is 6.11. The molecular weight excluding hydrogens is 216 g/mol. The molecule has 3 unspecified atom stereocenters. The second kappa shape index (κ2) is 6.03. The number of phenols is 1. The number of aromatic hydroxyl groups is 1. The van der Waals surface area contributed by atoms with E-state index < -0.39 is 12.2 Å². The zero-order chi connectivity index (χ0) is 13.0. The van der Waals surface area contributed by atoms with Crippen molar-refractivity contribution in [1.82, 2.24) is 0 Å². The molecule has 17 heavy (non-hydrogen) atoms. The van der Waals surface area contributed by atoms with Crippen molar-refractivity contribution in [2.75, 3.05) is 0 Å². The van der Waals surface area contributed by atoms with Gasteiger partial charge in [-0.2, -0.15) is 0 Å². The summed E-state index contributed by atoms with van der Waals surface area (Å²) >= 11 is 0. The van der Waals surface area contributed by atoms with E-state index in [1.165, 1.54) is 0 Å². The van der Waals surface area contributed by atoms with Gasteiger partial charge in [-0.05, 0) is 42.9 Å². The molecule has 0 saturated carbocycles. The van der Waals surface area contributed by atoms with Crippen molar-refractivity contribution < 1.29 is 15.3 Å². The molecule has 0 heterocycles. The third-order valence-electron chi connectivity index (χ3n) is 3.25. The molecule has 0 spiro atoms. The van der Waals surface area contributed by atoms with Crippen molar-refractivity contribution >= 4 is 0 Å². The molecule has 3 nitrogen and oxygen atoms in total. The van der Waals surface area contributed by atoms with E-state index in [2.05, 4.69) is 0 Å². The molecule has 96 valence electrons. The zero-order valence-electron chi connectivity index (χ0n) is 10.7. The lowest BCUT2D eigenvalue weighted by Gasteiger charge is -2.21. The van der Waals surface area contributed by atoms with E-state index in [1.807, 2.05) is 32.9 Å². The number of benzene rings is 1. The van der Waals surface area contributed by atoms with Crippen molar-refractivity contribution in [3.05, 3.63) is 29.3 Å². The molecule has 0 bridgehead atoms. The van der Waals surface area contributed by atoms with Crippen LogP contribution >= 0.6 is 0 Å². The molecule has 1 aromatic rings. The Hall–Kier alpha value is -1.06. The van der Waals surface area contributed by atoms with Crippen LogP contribution < -0.4 is 0 Å².